The Morgan fingerprint density at radius 1 is 1.55 bits per heavy atom. The summed E-state index contributed by atoms with van der Waals surface area (Å²) in [5, 5.41) is 12.1. The van der Waals surface area contributed by atoms with Crippen LogP contribution in [0.15, 0.2) is 12.3 Å². The highest BCUT2D eigenvalue weighted by atomic mass is 16.6. The standard InChI is InChI=1S/C15H24N4O3/c1-5-6-11-15(3,4)22-14(21)19(11)12-7-8-16-13(18-12)17-10(2)9-20/h7-8,10-11,20H,5-6,9H2,1-4H3,(H,16,17,18). The van der Waals surface area contributed by atoms with Crippen molar-refractivity contribution in [3.63, 3.8) is 0 Å². The first-order chi connectivity index (χ1) is 10.4. The van der Waals surface area contributed by atoms with E-state index in [4.69, 9.17) is 9.84 Å². The van der Waals surface area contributed by atoms with E-state index in [-0.39, 0.29) is 24.8 Å². The lowest BCUT2D eigenvalue weighted by Gasteiger charge is -2.28. The van der Waals surface area contributed by atoms with Gasteiger partial charge in [0, 0.05) is 12.2 Å². The van der Waals surface area contributed by atoms with Gasteiger partial charge in [-0.05, 0) is 33.3 Å². The summed E-state index contributed by atoms with van der Waals surface area (Å²) < 4.78 is 5.49. The van der Waals surface area contributed by atoms with Gasteiger partial charge in [0.25, 0.3) is 0 Å². The lowest BCUT2D eigenvalue weighted by molar-refractivity contribution is 0.0667. The van der Waals surface area contributed by atoms with Gasteiger partial charge in [-0.1, -0.05) is 13.3 Å². The number of rotatable bonds is 6. The third kappa shape index (κ3) is 3.30. The zero-order chi connectivity index (χ0) is 16.3. The number of carbonyl (C=O) groups excluding carboxylic acids is 1. The lowest BCUT2D eigenvalue weighted by atomic mass is 9.94. The molecule has 2 N–H and O–H groups in total. The molecule has 0 saturated carbocycles. The van der Waals surface area contributed by atoms with Crippen molar-refractivity contribution < 1.29 is 14.6 Å². The number of nitrogens with one attached hydrogen (secondary N) is 1. The summed E-state index contributed by atoms with van der Waals surface area (Å²) in [5.41, 5.74) is -0.552. The van der Waals surface area contributed by atoms with E-state index >= 15 is 0 Å². The average molecular weight is 308 g/mol. The first-order valence-electron chi connectivity index (χ1n) is 7.61. The molecule has 1 aliphatic rings. The van der Waals surface area contributed by atoms with E-state index in [1.807, 2.05) is 20.8 Å². The summed E-state index contributed by atoms with van der Waals surface area (Å²) in [5.74, 6) is 0.892. The van der Waals surface area contributed by atoms with Crippen molar-refractivity contribution in [2.45, 2.75) is 58.2 Å². The second kappa shape index (κ2) is 6.48. The Morgan fingerprint density at radius 3 is 2.91 bits per heavy atom. The molecule has 2 unspecified atom stereocenters. The summed E-state index contributed by atoms with van der Waals surface area (Å²) in [4.78, 5) is 22.3. The van der Waals surface area contributed by atoms with Gasteiger partial charge in [-0.25, -0.2) is 9.78 Å². The minimum atomic E-state index is -0.552. The molecule has 1 aromatic rings. The molecule has 0 aliphatic carbocycles. The molecule has 1 aromatic heterocycles. The average Bonchev–Trinajstić information content (AvgIpc) is 2.68. The predicted molar refractivity (Wildman–Crippen MR) is 83.9 cm³/mol. The number of aliphatic hydroxyl groups is 1. The fraction of sp³-hybridized carbons (Fsp3) is 0.667. The van der Waals surface area contributed by atoms with Crippen LogP contribution in [-0.4, -0.2) is 45.5 Å². The largest absolute Gasteiger partial charge is 0.441 e. The van der Waals surface area contributed by atoms with E-state index in [1.165, 1.54) is 0 Å². The van der Waals surface area contributed by atoms with Crippen LogP contribution in [0.1, 0.15) is 40.5 Å². The number of aliphatic hydroxyl groups excluding tert-OH is 1. The van der Waals surface area contributed by atoms with Crippen molar-refractivity contribution in [3.8, 4) is 0 Å². The van der Waals surface area contributed by atoms with Crippen molar-refractivity contribution >= 4 is 17.9 Å². The van der Waals surface area contributed by atoms with Gasteiger partial charge < -0.3 is 15.2 Å². The van der Waals surface area contributed by atoms with Gasteiger partial charge in [-0.3, -0.25) is 4.90 Å². The molecule has 1 fully saturated rings. The Kier molecular flexibility index (Phi) is 4.85. The normalized spacial score (nSPS) is 21.6. The van der Waals surface area contributed by atoms with Crippen molar-refractivity contribution in [3.05, 3.63) is 12.3 Å². The van der Waals surface area contributed by atoms with Gasteiger partial charge in [0.05, 0.1) is 12.6 Å². The number of carbonyl (C=O) groups is 1. The summed E-state index contributed by atoms with van der Waals surface area (Å²) in [6.45, 7) is 7.71. The second-order valence-corrected chi connectivity index (χ2v) is 6.11. The Balaban J connectivity index is 2.29. The Morgan fingerprint density at radius 2 is 2.27 bits per heavy atom. The monoisotopic (exact) mass is 308 g/mol. The minimum absolute atomic E-state index is 0.0230. The number of nitrogens with zero attached hydrogens (tertiary/aromatic N) is 3. The van der Waals surface area contributed by atoms with Crippen LogP contribution in [-0.2, 0) is 4.74 Å². The number of ether oxygens (including phenoxy) is 1. The van der Waals surface area contributed by atoms with E-state index in [9.17, 15) is 4.79 Å². The number of cyclic esters (lactones) is 1. The van der Waals surface area contributed by atoms with Gasteiger partial charge >= 0.3 is 6.09 Å². The van der Waals surface area contributed by atoms with Crippen molar-refractivity contribution in [2.24, 2.45) is 0 Å². The smallest absolute Gasteiger partial charge is 0.416 e. The number of hydrogen-bond acceptors (Lipinski definition) is 6. The molecule has 2 rings (SSSR count). The molecule has 0 spiro atoms. The van der Waals surface area contributed by atoms with E-state index in [0.29, 0.717) is 11.8 Å². The molecule has 22 heavy (non-hydrogen) atoms. The number of amides is 1. The fourth-order valence-corrected chi connectivity index (χ4v) is 2.60. The summed E-state index contributed by atoms with van der Waals surface area (Å²) in [6.07, 6.45) is 2.98. The fourth-order valence-electron chi connectivity index (χ4n) is 2.60. The molecule has 2 atom stereocenters. The molecule has 122 valence electrons. The Hall–Kier alpha value is -1.89. The third-order valence-electron chi connectivity index (χ3n) is 3.76. The number of anilines is 2. The van der Waals surface area contributed by atoms with Gasteiger partial charge in [-0.2, -0.15) is 4.98 Å². The molecule has 7 nitrogen and oxygen atoms in total. The summed E-state index contributed by atoms with van der Waals surface area (Å²) >= 11 is 0. The predicted octanol–water partition coefficient (Wildman–Crippen LogP) is 2.17. The molecular weight excluding hydrogens is 284 g/mol. The van der Waals surface area contributed by atoms with Gasteiger partial charge in [0.1, 0.15) is 11.4 Å². The molecular formula is C15H24N4O3. The molecule has 1 saturated heterocycles. The van der Waals surface area contributed by atoms with Crippen LogP contribution in [0.5, 0.6) is 0 Å². The highest BCUT2D eigenvalue weighted by molar-refractivity contribution is 5.90. The van der Waals surface area contributed by atoms with E-state index in [0.717, 1.165) is 12.8 Å². The molecule has 0 aromatic carbocycles. The summed E-state index contributed by atoms with van der Waals surface area (Å²) in [6, 6.07) is 1.46. The molecule has 0 bridgehead atoms. The maximum atomic E-state index is 12.2. The Labute approximate surface area is 130 Å². The van der Waals surface area contributed by atoms with Crippen LogP contribution in [0.2, 0.25) is 0 Å². The van der Waals surface area contributed by atoms with Crippen LogP contribution in [0.3, 0.4) is 0 Å². The number of aromatic nitrogens is 2. The quantitative estimate of drug-likeness (QED) is 0.837. The lowest BCUT2D eigenvalue weighted by Crippen LogP contribution is -2.42. The van der Waals surface area contributed by atoms with Crippen LogP contribution < -0.4 is 10.2 Å². The zero-order valence-electron chi connectivity index (χ0n) is 13.5. The minimum Gasteiger partial charge on any atom is -0.441 e. The topological polar surface area (TPSA) is 87.6 Å². The van der Waals surface area contributed by atoms with Gasteiger partial charge in [0.15, 0.2) is 0 Å². The first-order valence-corrected chi connectivity index (χ1v) is 7.61. The molecule has 0 radical (unpaired) electrons. The molecule has 2 heterocycles. The Bertz CT molecular complexity index is 535. The molecule has 7 heteroatoms. The summed E-state index contributed by atoms with van der Waals surface area (Å²) in [7, 11) is 0. The highest BCUT2D eigenvalue weighted by Gasteiger charge is 2.48. The van der Waals surface area contributed by atoms with Crippen LogP contribution in [0.4, 0.5) is 16.6 Å². The zero-order valence-corrected chi connectivity index (χ0v) is 13.5. The molecule has 1 amide bonds. The first kappa shape index (κ1) is 16.5. The number of hydrogen-bond donors (Lipinski definition) is 2. The molecule has 1 aliphatic heterocycles. The third-order valence-corrected chi connectivity index (χ3v) is 3.76. The van der Waals surface area contributed by atoms with E-state index in [1.54, 1.807) is 17.2 Å². The van der Waals surface area contributed by atoms with Crippen LogP contribution in [0.25, 0.3) is 0 Å². The highest BCUT2D eigenvalue weighted by Crippen LogP contribution is 2.35. The maximum Gasteiger partial charge on any atom is 0.416 e. The van der Waals surface area contributed by atoms with Gasteiger partial charge in [-0.15, -0.1) is 0 Å². The van der Waals surface area contributed by atoms with Crippen molar-refractivity contribution in [1.82, 2.24) is 9.97 Å². The maximum absolute atomic E-state index is 12.2. The SMILES string of the molecule is CCCC1N(c2ccnc(NC(C)CO)n2)C(=O)OC1(C)C. The van der Waals surface area contributed by atoms with E-state index in [2.05, 4.69) is 22.2 Å². The van der Waals surface area contributed by atoms with Gasteiger partial charge in [0.2, 0.25) is 5.95 Å². The van der Waals surface area contributed by atoms with Crippen LogP contribution in [0, 0.1) is 0 Å². The van der Waals surface area contributed by atoms with Crippen LogP contribution >= 0.6 is 0 Å². The van der Waals surface area contributed by atoms with Crippen molar-refractivity contribution in [2.75, 3.05) is 16.8 Å². The van der Waals surface area contributed by atoms with Crippen molar-refractivity contribution in [1.29, 1.82) is 0 Å². The second-order valence-electron chi connectivity index (χ2n) is 6.11. The van der Waals surface area contributed by atoms with E-state index < -0.39 is 5.60 Å².